The average molecular weight is 492 g/mol. The molecule has 0 radical (unpaired) electrons. The van der Waals surface area contributed by atoms with Gasteiger partial charge in [-0.25, -0.2) is 8.42 Å². The number of nitrogens with zero attached hydrogens (tertiary/aromatic N) is 2. The monoisotopic (exact) mass is 491 g/mol. The number of anilines is 1. The number of piperazine rings is 1. The summed E-state index contributed by atoms with van der Waals surface area (Å²) >= 11 is 0. The van der Waals surface area contributed by atoms with Crippen molar-refractivity contribution < 1.29 is 18.0 Å². The van der Waals surface area contributed by atoms with E-state index in [-0.39, 0.29) is 24.5 Å². The molecule has 182 valence electrons. The third-order valence-corrected chi connectivity index (χ3v) is 8.14. The highest BCUT2D eigenvalue weighted by Crippen LogP contribution is 2.34. The topological polar surface area (TPSA) is 86.8 Å². The third-order valence-electron chi connectivity index (χ3n) is 6.34. The Kier molecular flexibility index (Phi) is 6.78. The molecule has 7 nitrogen and oxygen atoms in total. The van der Waals surface area contributed by atoms with E-state index in [0.29, 0.717) is 5.69 Å². The van der Waals surface area contributed by atoms with Crippen LogP contribution < -0.4 is 10.2 Å². The van der Waals surface area contributed by atoms with E-state index in [9.17, 15) is 18.0 Å². The van der Waals surface area contributed by atoms with E-state index in [1.165, 1.54) is 17.0 Å². The molecule has 1 saturated heterocycles. The Morgan fingerprint density at radius 1 is 0.943 bits per heavy atom. The number of nitrogens with one attached hydrogen (secondary N) is 1. The molecule has 2 amide bonds. The van der Waals surface area contributed by atoms with Crippen LogP contribution in [0.4, 0.5) is 5.69 Å². The van der Waals surface area contributed by atoms with Gasteiger partial charge in [-0.2, -0.15) is 4.31 Å². The quantitative estimate of drug-likeness (QED) is 0.573. The lowest BCUT2D eigenvalue weighted by Crippen LogP contribution is -2.70. The molecular weight excluding hydrogens is 462 g/mol. The van der Waals surface area contributed by atoms with Gasteiger partial charge in [-0.3, -0.25) is 14.5 Å². The Morgan fingerprint density at radius 2 is 1.57 bits per heavy atom. The molecule has 8 heteroatoms. The first-order valence-electron chi connectivity index (χ1n) is 11.4. The second kappa shape index (κ2) is 9.64. The predicted molar refractivity (Wildman–Crippen MR) is 135 cm³/mol. The molecule has 0 aromatic heterocycles. The number of carbonyl (C=O) groups excluding carboxylic acids is 2. The Hall–Kier alpha value is -3.49. The molecule has 1 fully saturated rings. The molecule has 35 heavy (non-hydrogen) atoms. The average Bonchev–Trinajstić information content (AvgIpc) is 2.84. The van der Waals surface area contributed by atoms with Crippen LogP contribution >= 0.6 is 0 Å². The van der Waals surface area contributed by atoms with Gasteiger partial charge >= 0.3 is 0 Å². The molecule has 0 spiro atoms. The highest BCUT2D eigenvalue weighted by molar-refractivity contribution is 7.89. The maximum absolute atomic E-state index is 13.7. The predicted octanol–water partition coefficient (Wildman–Crippen LogP) is 3.42. The molecule has 0 aliphatic carbocycles. The number of aryl methyl sites for hydroxylation is 2. The number of hydrogen-bond donors (Lipinski definition) is 1. The van der Waals surface area contributed by atoms with Gasteiger partial charge in [0.1, 0.15) is 5.54 Å². The highest BCUT2D eigenvalue weighted by atomic mass is 32.2. The summed E-state index contributed by atoms with van der Waals surface area (Å²) in [6.45, 7) is 5.19. The van der Waals surface area contributed by atoms with Gasteiger partial charge < -0.3 is 5.32 Å². The van der Waals surface area contributed by atoms with E-state index >= 15 is 0 Å². The molecular formula is C27H29N3O4S. The number of amides is 2. The second-order valence-electron chi connectivity index (χ2n) is 9.04. The fraction of sp³-hybridized carbons (Fsp3) is 0.259. The minimum absolute atomic E-state index is 0.0829. The summed E-state index contributed by atoms with van der Waals surface area (Å²) in [6.07, 6.45) is 0. The third kappa shape index (κ3) is 4.85. The number of sulfonamides is 1. The Bertz CT molecular complexity index is 1340. The normalized spacial score (nSPS) is 18.9. The van der Waals surface area contributed by atoms with Crippen LogP contribution in [0.5, 0.6) is 0 Å². The first-order valence-corrected chi connectivity index (χ1v) is 12.8. The molecule has 0 bridgehead atoms. The molecule has 1 heterocycles. The summed E-state index contributed by atoms with van der Waals surface area (Å²) in [7, 11) is -3.98. The van der Waals surface area contributed by atoms with Crippen molar-refractivity contribution in [3.8, 4) is 0 Å². The van der Waals surface area contributed by atoms with E-state index in [1.54, 1.807) is 37.3 Å². The number of hydrogen-bond acceptors (Lipinski definition) is 4. The van der Waals surface area contributed by atoms with Gasteiger partial charge in [0, 0.05) is 18.8 Å². The summed E-state index contributed by atoms with van der Waals surface area (Å²) in [5, 5.41) is 2.93. The first-order chi connectivity index (χ1) is 16.6. The van der Waals surface area contributed by atoms with E-state index in [0.717, 1.165) is 21.0 Å². The lowest BCUT2D eigenvalue weighted by molar-refractivity contribution is -0.133. The van der Waals surface area contributed by atoms with Crippen LogP contribution in [0.25, 0.3) is 0 Å². The lowest BCUT2D eigenvalue weighted by atomic mass is 9.93. The van der Waals surface area contributed by atoms with Crippen molar-refractivity contribution in [2.45, 2.75) is 37.8 Å². The van der Waals surface area contributed by atoms with Crippen LogP contribution in [0, 0.1) is 13.8 Å². The van der Waals surface area contributed by atoms with Crippen molar-refractivity contribution >= 4 is 27.5 Å². The van der Waals surface area contributed by atoms with Crippen molar-refractivity contribution in [2.75, 3.05) is 18.0 Å². The van der Waals surface area contributed by atoms with Gasteiger partial charge in [0.25, 0.3) is 0 Å². The van der Waals surface area contributed by atoms with Crippen LogP contribution in [-0.4, -0.2) is 43.2 Å². The summed E-state index contributed by atoms with van der Waals surface area (Å²) in [6, 6.07) is 23.0. The molecule has 0 saturated carbocycles. The molecule has 0 unspecified atom stereocenters. The largest absolute Gasteiger partial charge is 0.350 e. The second-order valence-corrected chi connectivity index (χ2v) is 11.0. The van der Waals surface area contributed by atoms with Gasteiger partial charge in [-0.05, 0) is 50.1 Å². The SMILES string of the molecule is Cc1ccc(CNC(=O)[C@]2(C)CN(S(=O)(=O)c3ccccc3)CC(=O)N2c2ccccc2C)cc1. The van der Waals surface area contributed by atoms with Crippen molar-refractivity contribution in [1.29, 1.82) is 0 Å². The molecule has 1 aliphatic heterocycles. The fourth-order valence-electron chi connectivity index (χ4n) is 4.34. The molecule has 3 aromatic rings. The van der Waals surface area contributed by atoms with Crippen LogP contribution in [0.3, 0.4) is 0 Å². The molecule has 3 aromatic carbocycles. The number of benzene rings is 3. The first kappa shape index (κ1) is 24.6. The van der Waals surface area contributed by atoms with Gasteiger partial charge in [0.05, 0.1) is 11.4 Å². The Balaban J connectivity index is 1.71. The zero-order valence-electron chi connectivity index (χ0n) is 20.1. The van der Waals surface area contributed by atoms with Crippen LogP contribution in [0.2, 0.25) is 0 Å². The molecule has 4 rings (SSSR count). The molecule has 1 N–H and O–H groups in total. The van der Waals surface area contributed by atoms with E-state index in [4.69, 9.17) is 0 Å². The number of rotatable bonds is 6. The minimum atomic E-state index is -3.98. The molecule has 1 aliphatic rings. The van der Waals surface area contributed by atoms with Crippen LogP contribution in [-0.2, 0) is 26.2 Å². The van der Waals surface area contributed by atoms with Crippen molar-refractivity contribution in [2.24, 2.45) is 0 Å². The van der Waals surface area contributed by atoms with Crippen molar-refractivity contribution in [3.05, 3.63) is 95.6 Å². The van der Waals surface area contributed by atoms with Crippen LogP contribution in [0.1, 0.15) is 23.6 Å². The lowest BCUT2D eigenvalue weighted by Gasteiger charge is -2.47. The summed E-state index contributed by atoms with van der Waals surface area (Å²) in [4.78, 5) is 28.7. The summed E-state index contributed by atoms with van der Waals surface area (Å²) < 4.78 is 27.9. The summed E-state index contributed by atoms with van der Waals surface area (Å²) in [5.74, 6) is -0.888. The van der Waals surface area contributed by atoms with Crippen molar-refractivity contribution in [3.63, 3.8) is 0 Å². The Labute approximate surface area is 206 Å². The summed E-state index contributed by atoms with van der Waals surface area (Å²) in [5.41, 5.74) is 1.96. The zero-order valence-corrected chi connectivity index (χ0v) is 20.9. The van der Waals surface area contributed by atoms with E-state index < -0.39 is 27.4 Å². The van der Waals surface area contributed by atoms with Gasteiger partial charge in [0.2, 0.25) is 21.8 Å². The highest BCUT2D eigenvalue weighted by Gasteiger charge is 2.51. The zero-order chi connectivity index (χ0) is 25.2. The number of para-hydroxylation sites is 1. The van der Waals surface area contributed by atoms with Crippen LogP contribution in [0.15, 0.2) is 83.8 Å². The standard InChI is InChI=1S/C27H29N3O4S/c1-20-13-15-22(16-14-20)17-28-26(32)27(3)19-29(35(33,34)23-10-5-4-6-11-23)18-25(31)30(27)24-12-8-7-9-21(24)2/h4-16H,17-19H2,1-3H3,(H,28,32)/t27-/m0/s1. The van der Waals surface area contributed by atoms with E-state index in [1.807, 2.05) is 50.2 Å². The molecule has 1 atom stereocenters. The van der Waals surface area contributed by atoms with E-state index in [2.05, 4.69) is 5.32 Å². The Morgan fingerprint density at radius 3 is 2.23 bits per heavy atom. The van der Waals surface area contributed by atoms with Gasteiger partial charge in [-0.15, -0.1) is 0 Å². The maximum Gasteiger partial charge on any atom is 0.247 e. The maximum atomic E-state index is 13.7. The van der Waals surface area contributed by atoms with Gasteiger partial charge in [-0.1, -0.05) is 66.2 Å². The van der Waals surface area contributed by atoms with Crippen molar-refractivity contribution in [1.82, 2.24) is 9.62 Å². The fourth-order valence-corrected chi connectivity index (χ4v) is 5.85. The number of carbonyl (C=O) groups is 2. The van der Waals surface area contributed by atoms with Gasteiger partial charge in [0.15, 0.2) is 0 Å². The smallest absolute Gasteiger partial charge is 0.247 e. The minimum Gasteiger partial charge on any atom is -0.350 e.